The van der Waals surface area contributed by atoms with Gasteiger partial charge < -0.3 is 10.2 Å². The molecule has 1 fully saturated rings. The van der Waals surface area contributed by atoms with Gasteiger partial charge in [-0.3, -0.25) is 9.89 Å². The lowest BCUT2D eigenvalue weighted by Crippen LogP contribution is -2.50. The average molecular weight is 279 g/mol. The fourth-order valence-electron chi connectivity index (χ4n) is 2.80. The molecule has 0 bridgehead atoms. The Labute approximate surface area is 120 Å². The second kappa shape index (κ2) is 6.35. The zero-order valence-electron chi connectivity index (χ0n) is 12.7. The topological polar surface area (TPSA) is 73.9 Å². The Kier molecular flexibility index (Phi) is 4.75. The maximum Gasteiger partial charge on any atom is 0.227 e. The summed E-state index contributed by atoms with van der Waals surface area (Å²) in [5.41, 5.74) is -0.261. The highest BCUT2D eigenvalue weighted by molar-refractivity contribution is 5.82. The highest BCUT2D eigenvalue weighted by Crippen LogP contribution is 2.29. The fraction of sp³-hybridized carbons (Fsp3) is 0.786. The van der Waals surface area contributed by atoms with Gasteiger partial charge in [0.2, 0.25) is 5.91 Å². The van der Waals surface area contributed by atoms with Crippen molar-refractivity contribution < 1.29 is 4.79 Å². The number of piperidine rings is 1. The molecular formula is C14H25N5O. The van der Waals surface area contributed by atoms with Crippen LogP contribution in [0.15, 0.2) is 0 Å². The second-order valence-electron chi connectivity index (χ2n) is 5.88. The molecule has 0 aromatic carbocycles. The molecule has 1 unspecified atom stereocenters. The third-order valence-electron chi connectivity index (χ3n) is 4.05. The zero-order valence-corrected chi connectivity index (χ0v) is 12.7. The minimum absolute atomic E-state index is 0.155. The van der Waals surface area contributed by atoms with Crippen molar-refractivity contribution in [3.63, 3.8) is 0 Å². The van der Waals surface area contributed by atoms with Gasteiger partial charge in [0, 0.05) is 19.5 Å². The van der Waals surface area contributed by atoms with Gasteiger partial charge >= 0.3 is 0 Å². The Bertz CT molecular complexity index is 458. The molecule has 1 aliphatic heterocycles. The van der Waals surface area contributed by atoms with Crippen molar-refractivity contribution in [3.8, 4) is 0 Å². The van der Waals surface area contributed by atoms with Crippen molar-refractivity contribution in [1.82, 2.24) is 25.4 Å². The number of carbonyl (C=O) groups excluding carboxylic acids is 1. The number of carbonyl (C=O) groups is 1. The molecule has 1 amide bonds. The summed E-state index contributed by atoms with van der Waals surface area (Å²) in [4.78, 5) is 19.0. The van der Waals surface area contributed by atoms with E-state index in [9.17, 15) is 4.79 Å². The minimum atomic E-state index is -0.261. The first-order chi connectivity index (χ1) is 9.53. The summed E-state index contributed by atoms with van der Waals surface area (Å²) in [6, 6.07) is 0. The Morgan fingerprint density at radius 3 is 3.00 bits per heavy atom. The fourth-order valence-corrected chi connectivity index (χ4v) is 2.80. The molecule has 0 saturated carbocycles. The predicted octanol–water partition coefficient (Wildman–Crippen LogP) is 0.894. The van der Waals surface area contributed by atoms with Crippen molar-refractivity contribution in [2.24, 2.45) is 5.41 Å². The number of aromatic nitrogens is 3. The van der Waals surface area contributed by atoms with Crippen LogP contribution in [0.5, 0.6) is 0 Å². The van der Waals surface area contributed by atoms with Crippen molar-refractivity contribution >= 4 is 5.91 Å². The first-order valence-corrected chi connectivity index (χ1v) is 7.42. The van der Waals surface area contributed by atoms with Gasteiger partial charge in [0.1, 0.15) is 5.82 Å². The SMILES string of the molecule is CCN1CCCC(C)(C(=O)NCCc2n[nH]c(C)n2)C1. The summed E-state index contributed by atoms with van der Waals surface area (Å²) in [5, 5.41) is 9.92. The van der Waals surface area contributed by atoms with E-state index in [0.717, 1.165) is 44.1 Å². The monoisotopic (exact) mass is 279 g/mol. The molecule has 0 aliphatic carbocycles. The number of hydrogen-bond donors (Lipinski definition) is 2. The smallest absolute Gasteiger partial charge is 0.227 e. The summed E-state index contributed by atoms with van der Waals surface area (Å²) < 4.78 is 0. The average Bonchev–Trinajstić information content (AvgIpc) is 2.84. The van der Waals surface area contributed by atoms with Gasteiger partial charge in [0.25, 0.3) is 0 Å². The summed E-state index contributed by atoms with van der Waals surface area (Å²) in [7, 11) is 0. The van der Waals surface area contributed by atoms with Crippen LogP contribution in [0.4, 0.5) is 0 Å². The molecule has 2 rings (SSSR count). The molecule has 2 heterocycles. The Morgan fingerprint density at radius 1 is 1.55 bits per heavy atom. The predicted molar refractivity (Wildman–Crippen MR) is 77.3 cm³/mol. The number of hydrogen-bond acceptors (Lipinski definition) is 4. The van der Waals surface area contributed by atoms with Gasteiger partial charge in [-0.15, -0.1) is 0 Å². The van der Waals surface area contributed by atoms with Crippen molar-refractivity contribution in [2.45, 2.75) is 40.0 Å². The van der Waals surface area contributed by atoms with Crippen molar-refractivity contribution in [2.75, 3.05) is 26.2 Å². The van der Waals surface area contributed by atoms with Gasteiger partial charge in [-0.25, -0.2) is 4.98 Å². The number of nitrogens with zero attached hydrogens (tertiary/aromatic N) is 3. The van der Waals surface area contributed by atoms with E-state index >= 15 is 0 Å². The van der Waals surface area contributed by atoms with Crippen molar-refractivity contribution in [3.05, 3.63) is 11.6 Å². The number of likely N-dealkylation sites (tertiary alicyclic amines) is 1. The van der Waals surface area contributed by atoms with Gasteiger partial charge in [-0.1, -0.05) is 6.92 Å². The van der Waals surface area contributed by atoms with Crippen LogP contribution in [-0.4, -0.2) is 52.2 Å². The van der Waals surface area contributed by atoms with Gasteiger partial charge in [-0.05, 0) is 39.8 Å². The first-order valence-electron chi connectivity index (χ1n) is 7.42. The van der Waals surface area contributed by atoms with Crippen LogP contribution in [0.3, 0.4) is 0 Å². The van der Waals surface area contributed by atoms with E-state index in [-0.39, 0.29) is 11.3 Å². The number of aryl methyl sites for hydroxylation is 1. The third-order valence-corrected chi connectivity index (χ3v) is 4.05. The lowest BCUT2D eigenvalue weighted by molar-refractivity contribution is -0.133. The number of aromatic amines is 1. The summed E-state index contributed by atoms with van der Waals surface area (Å²) in [6.45, 7) is 9.66. The minimum Gasteiger partial charge on any atom is -0.355 e. The Balaban J connectivity index is 1.81. The molecule has 112 valence electrons. The van der Waals surface area contributed by atoms with Crippen LogP contribution >= 0.6 is 0 Å². The van der Waals surface area contributed by atoms with Crippen LogP contribution in [0, 0.1) is 12.3 Å². The van der Waals surface area contributed by atoms with E-state index in [2.05, 4.69) is 39.2 Å². The molecule has 2 N–H and O–H groups in total. The number of nitrogens with one attached hydrogen (secondary N) is 2. The van der Waals surface area contributed by atoms with E-state index in [0.29, 0.717) is 13.0 Å². The molecule has 0 spiro atoms. The summed E-state index contributed by atoms with van der Waals surface area (Å²) >= 11 is 0. The van der Waals surface area contributed by atoms with E-state index < -0.39 is 0 Å². The van der Waals surface area contributed by atoms with Gasteiger partial charge in [0.15, 0.2) is 5.82 Å². The summed E-state index contributed by atoms with van der Waals surface area (Å²) in [6.07, 6.45) is 2.73. The second-order valence-corrected chi connectivity index (χ2v) is 5.88. The van der Waals surface area contributed by atoms with E-state index in [1.54, 1.807) is 0 Å². The maximum absolute atomic E-state index is 12.4. The maximum atomic E-state index is 12.4. The number of rotatable bonds is 5. The van der Waals surface area contributed by atoms with Crippen molar-refractivity contribution in [1.29, 1.82) is 0 Å². The highest BCUT2D eigenvalue weighted by Gasteiger charge is 2.36. The highest BCUT2D eigenvalue weighted by atomic mass is 16.2. The molecule has 20 heavy (non-hydrogen) atoms. The number of amides is 1. The van der Waals surface area contributed by atoms with Crippen LogP contribution in [0.25, 0.3) is 0 Å². The lowest BCUT2D eigenvalue weighted by atomic mass is 9.81. The normalized spacial score (nSPS) is 23.8. The molecule has 6 heteroatoms. The molecule has 0 radical (unpaired) electrons. The molecular weight excluding hydrogens is 254 g/mol. The Hall–Kier alpha value is -1.43. The standard InChI is InChI=1S/C14H25N5O/c1-4-19-9-5-7-14(3,10-19)13(20)15-8-6-12-16-11(2)17-18-12/h4-10H2,1-3H3,(H,15,20)(H,16,17,18). The van der Waals surface area contributed by atoms with Gasteiger partial charge in [0.05, 0.1) is 5.41 Å². The molecule has 1 aromatic heterocycles. The van der Waals surface area contributed by atoms with Crippen LogP contribution < -0.4 is 5.32 Å². The first kappa shape index (κ1) is 15.0. The Morgan fingerprint density at radius 2 is 2.35 bits per heavy atom. The summed E-state index contributed by atoms with van der Waals surface area (Å²) in [5.74, 6) is 1.72. The van der Waals surface area contributed by atoms with E-state index in [1.165, 1.54) is 0 Å². The van der Waals surface area contributed by atoms with Crippen LogP contribution in [0.1, 0.15) is 38.3 Å². The molecule has 1 saturated heterocycles. The van der Waals surface area contributed by atoms with E-state index in [4.69, 9.17) is 0 Å². The van der Waals surface area contributed by atoms with E-state index in [1.807, 2.05) is 6.92 Å². The largest absolute Gasteiger partial charge is 0.355 e. The van der Waals surface area contributed by atoms with Crippen LogP contribution in [-0.2, 0) is 11.2 Å². The molecule has 1 atom stereocenters. The quantitative estimate of drug-likeness (QED) is 0.839. The van der Waals surface area contributed by atoms with Crippen LogP contribution in [0.2, 0.25) is 0 Å². The molecule has 1 aromatic rings. The third kappa shape index (κ3) is 3.56. The zero-order chi connectivity index (χ0) is 14.6. The van der Waals surface area contributed by atoms with Gasteiger partial charge in [-0.2, -0.15) is 5.10 Å². The lowest BCUT2D eigenvalue weighted by Gasteiger charge is -2.38. The molecule has 1 aliphatic rings. The molecule has 6 nitrogen and oxygen atoms in total. The number of H-pyrrole nitrogens is 1.